The molecule has 0 amide bonds. The lowest BCUT2D eigenvalue weighted by molar-refractivity contribution is 0.724. The fourth-order valence-electron chi connectivity index (χ4n) is 2.24. The van der Waals surface area contributed by atoms with Crippen LogP contribution in [0.5, 0.6) is 0 Å². The summed E-state index contributed by atoms with van der Waals surface area (Å²) in [6.45, 7) is 3.90. The molecule has 1 aromatic carbocycles. The van der Waals surface area contributed by atoms with Gasteiger partial charge in [0.15, 0.2) is 5.82 Å². The van der Waals surface area contributed by atoms with Crippen LogP contribution in [0.25, 0.3) is 11.4 Å². The van der Waals surface area contributed by atoms with Gasteiger partial charge in [0.1, 0.15) is 0 Å². The highest BCUT2D eigenvalue weighted by molar-refractivity contribution is 9.10. The van der Waals surface area contributed by atoms with E-state index in [0.29, 0.717) is 10.8 Å². The van der Waals surface area contributed by atoms with Gasteiger partial charge < -0.3 is 10.2 Å². The molecule has 106 valence electrons. The SMILES string of the molecule is Clc1ccc(Br)cc1-c1nc(N2CCCNCC2)n[nH]1. The third-order valence-electron chi connectivity index (χ3n) is 3.28. The summed E-state index contributed by atoms with van der Waals surface area (Å²) in [5, 5.41) is 11.3. The molecular weight excluding hydrogens is 342 g/mol. The van der Waals surface area contributed by atoms with Crippen LogP contribution >= 0.6 is 27.5 Å². The third kappa shape index (κ3) is 2.97. The van der Waals surface area contributed by atoms with E-state index in [1.807, 2.05) is 18.2 Å². The highest BCUT2D eigenvalue weighted by Crippen LogP contribution is 2.29. The van der Waals surface area contributed by atoms with Gasteiger partial charge in [-0.2, -0.15) is 4.98 Å². The summed E-state index contributed by atoms with van der Waals surface area (Å²) >= 11 is 9.67. The monoisotopic (exact) mass is 355 g/mol. The van der Waals surface area contributed by atoms with Crippen LogP contribution in [0.3, 0.4) is 0 Å². The van der Waals surface area contributed by atoms with E-state index in [1.54, 1.807) is 0 Å². The van der Waals surface area contributed by atoms with E-state index in [1.165, 1.54) is 0 Å². The highest BCUT2D eigenvalue weighted by Gasteiger charge is 2.16. The molecule has 2 aromatic rings. The largest absolute Gasteiger partial charge is 0.338 e. The molecule has 0 unspecified atom stereocenters. The second-order valence-electron chi connectivity index (χ2n) is 4.70. The van der Waals surface area contributed by atoms with Crippen molar-refractivity contribution < 1.29 is 0 Å². The van der Waals surface area contributed by atoms with Gasteiger partial charge in [0.2, 0.25) is 5.95 Å². The second-order valence-corrected chi connectivity index (χ2v) is 6.02. The van der Waals surface area contributed by atoms with Crippen LogP contribution in [0.4, 0.5) is 5.95 Å². The normalized spacial score (nSPS) is 16.2. The van der Waals surface area contributed by atoms with Crippen molar-refractivity contribution in [3.05, 3.63) is 27.7 Å². The number of hydrogen-bond acceptors (Lipinski definition) is 4. The molecule has 2 heterocycles. The summed E-state index contributed by atoms with van der Waals surface area (Å²) in [7, 11) is 0. The first-order valence-electron chi connectivity index (χ1n) is 6.57. The Bertz CT molecular complexity index is 592. The Balaban J connectivity index is 1.87. The Hall–Kier alpha value is -1.11. The molecule has 0 radical (unpaired) electrons. The Kier molecular flexibility index (Phi) is 4.24. The van der Waals surface area contributed by atoms with E-state index >= 15 is 0 Å². The standard InChI is InChI=1S/C13H15BrClN5/c14-9-2-3-11(15)10(8-9)12-17-13(19-18-12)20-6-1-4-16-5-7-20/h2-3,8,16H,1,4-7H2,(H,17,18,19). The van der Waals surface area contributed by atoms with Gasteiger partial charge in [-0.1, -0.05) is 27.5 Å². The molecule has 0 saturated carbocycles. The van der Waals surface area contributed by atoms with Crippen molar-refractivity contribution in [3.8, 4) is 11.4 Å². The van der Waals surface area contributed by atoms with Crippen LogP contribution in [0.2, 0.25) is 5.02 Å². The minimum Gasteiger partial charge on any atom is -0.338 e. The van der Waals surface area contributed by atoms with Crippen molar-refractivity contribution in [2.45, 2.75) is 6.42 Å². The quantitative estimate of drug-likeness (QED) is 0.868. The van der Waals surface area contributed by atoms with Gasteiger partial charge in [-0.05, 0) is 31.2 Å². The van der Waals surface area contributed by atoms with E-state index in [-0.39, 0.29) is 0 Å². The van der Waals surface area contributed by atoms with Gasteiger partial charge in [0.25, 0.3) is 0 Å². The molecule has 1 fully saturated rings. The zero-order chi connectivity index (χ0) is 13.9. The smallest absolute Gasteiger partial charge is 0.245 e. The van der Waals surface area contributed by atoms with Crippen molar-refractivity contribution in [1.29, 1.82) is 0 Å². The Labute approximate surface area is 130 Å². The number of benzene rings is 1. The molecule has 1 aliphatic heterocycles. The molecule has 0 bridgehead atoms. The maximum absolute atomic E-state index is 6.22. The zero-order valence-corrected chi connectivity index (χ0v) is 13.2. The number of aromatic nitrogens is 3. The summed E-state index contributed by atoms with van der Waals surface area (Å²) in [6, 6.07) is 5.69. The lowest BCUT2D eigenvalue weighted by atomic mass is 10.2. The number of rotatable bonds is 2. The fraction of sp³-hybridized carbons (Fsp3) is 0.385. The van der Waals surface area contributed by atoms with E-state index < -0.39 is 0 Å². The van der Waals surface area contributed by atoms with Crippen molar-refractivity contribution in [2.24, 2.45) is 0 Å². The van der Waals surface area contributed by atoms with Crippen LogP contribution in [0.15, 0.2) is 22.7 Å². The summed E-state index contributed by atoms with van der Waals surface area (Å²) in [4.78, 5) is 6.76. The van der Waals surface area contributed by atoms with Gasteiger partial charge in [-0.25, -0.2) is 0 Å². The number of nitrogens with one attached hydrogen (secondary N) is 2. The van der Waals surface area contributed by atoms with E-state index in [2.05, 4.69) is 41.3 Å². The molecule has 0 atom stereocenters. The molecule has 1 saturated heterocycles. The molecule has 0 spiro atoms. The van der Waals surface area contributed by atoms with Crippen molar-refractivity contribution >= 4 is 33.5 Å². The van der Waals surface area contributed by atoms with Crippen molar-refractivity contribution in [2.75, 3.05) is 31.1 Å². The molecule has 0 aliphatic carbocycles. The molecular formula is C13H15BrClN5. The van der Waals surface area contributed by atoms with Crippen LogP contribution < -0.4 is 10.2 Å². The summed E-state index contributed by atoms with van der Waals surface area (Å²) in [6.07, 6.45) is 1.10. The summed E-state index contributed by atoms with van der Waals surface area (Å²) in [5.41, 5.74) is 0.854. The van der Waals surface area contributed by atoms with Gasteiger partial charge in [0, 0.05) is 29.7 Å². The van der Waals surface area contributed by atoms with Gasteiger partial charge in [-0.15, -0.1) is 5.10 Å². The predicted octanol–water partition coefficient (Wildman–Crippen LogP) is 2.69. The number of hydrogen-bond donors (Lipinski definition) is 2. The predicted molar refractivity (Wildman–Crippen MR) is 84.2 cm³/mol. The van der Waals surface area contributed by atoms with Gasteiger partial charge in [-0.3, -0.25) is 5.10 Å². The zero-order valence-electron chi connectivity index (χ0n) is 10.9. The lowest BCUT2D eigenvalue weighted by Crippen LogP contribution is -2.28. The molecule has 2 N–H and O–H groups in total. The Morgan fingerprint density at radius 3 is 3.05 bits per heavy atom. The van der Waals surface area contributed by atoms with E-state index in [0.717, 1.165) is 48.6 Å². The topological polar surface area (TPSA) is 56.8 Å². The second kappa shape index (κ2) is 6.11. The number of anilines is 1. The van der Waals surface area contributed by atoms with Crippen LogP contribution in [-0.4, -0.2) is 41.4 Å². The van der Waals surface area contributed by atoms with Gasteiger partial charge in [0.05, 0.1) is 5.02 Å². The number of aromatic amines is 1. The maximum atomic E-state index is 6.22. The van der Waals surface area contributed by atoms with Crippen LogP contribution in [-0.2, 0) is 0 Å². The highest BCUT2D eigenvalue weighted by atomic mass is 79.9. The van der Waals surface area contributed by atoms with Crippen LogP contribution in [0.1, 0.15) is 6.42 Å². The van der Waals surface area contributed by atoms with Gasteiger partial charge >= 0.3 is 0 Å². The first-order chi connectivity index (χ1) is 9.74. The number of H-pyrrole nitrogens is 1. The van der Waals surface area contributed by atoms with Crippen LogP contribution in [0, 0.1) is 0 Å². The first kappa shape index (κ1) is 13.9. The van der Waals surface area contributed by atoms with Crippen molar-refractivity contribution in [3.63, 3.8) is 0 Å². The fourth-order valence-corrected chi connectivity index (χ4v) is 2.81. The molecule has 20 heavy (non-hydrogen) atoms. The Morgan fingerprint density at radius 1 is 1.25 bits per heavy atom. The first-order valence-corrected chi connectivity index (χ1v) is 7.74. The molecule has 1 aromatic heterocycles. The average Bonchev–Trinajstić information content (AvgIpc) is 2.77. The minimum atomic E-state index is 0.661. The third-order valence-corrected chi connectivity index (χ3v) is 4.10. The molecule has 3 rings (SSSR count). The van der Waals surface area contributed by atoms with E-state index in [4.69, 9.17) is 11.6 Å². The molecule has 7 heteroatoms. The number of halogens is 2. The van der Waals surface area contributed by atoms with Crippen molar-refractivity contribution in [1.82, 2.24) is 20.5 Å². The lowest BCUT2D eigenvalue weighted by Gasteiger charge is -2.16. The average molecular weight is 357 g/mol. The summed E-state index contributed by atoms with van der Waals surface area (Å²) in [5.74, 6) is 1.43. The maximum Gasteiger partial charge on any atom is 0.245 e. The minimum absolute atomic E-state index is 0.661. The Morgan fingerprint density at radius 2 is 2.15 bits per heavy atom. The summed E-state index contributed by atoms with van der Waals surface area (Å²) < 4.78 is 0.967. The molecule has 5 nitrogen and oxygen atoms in total. The number of nitrogens with zero attached hydrogens (tertiary/aromatic N) is 3. The molecule has 1 aliphatic rings. The van der Waals surface area contributed by atoms with E-state index in [9.17, 15) is 0 Å².